The van der Waals surface area contributed by atoms with Crippen LogP contribution in [0.3, 0.4) is 0 Å². The number of nitrogens with zero attached hydrogens (tertiary/aromatic N) is 3. The summed E-state index contributed by atoms with van der Waals surface area (Å²) in [5.41, 5.74) is 8.42. The van der Waals surface area contributed by atoms with Crippen molar-refractivity contribution in [1.29, 1.82) is 10.5 Å². The van der Waals surface area contributed by atoms with Crippen LogP contribution >= 0.6 is 0 Å². The van der Waals surface area contributed by atoms with Gasteiger partial charge in [-0.1, -0.05) is 66.7 Å². The van der Waals surface area contributed by atoms with Crippen molar-refractivity contribution >= 4 is 21.8 Å². The van der Waals surface area contributed by atoms with E-state index in [0.29, 0.717) is 11.1 Å². The first-order chi connectivity index (χ1) is 17.2. The molecular formula is C32H19N3. The van der Waals surface area contributed by atoms with Gasteiger partial charge < -0.3 is 4.57 Å². The number of hydrogen-bond donors (Lipinski definition) is 0. The van der Waals surface area contributed by atoms with Crippen LogP contribution in [0.4, 0.5) is 0 Å². The van der Waals surface area contributed by atoms with Crippen molar-refractivity contribution in [2.45, 2.75) is 0 Å². The molecule has 0 bridgehead atoms. The molecule has 0 saturated heterocycles. The Kier molecular flexibility index (Phi) is 4.88. The lowest BCUT2D eigenvalue weighted by Gasteiger charge is -2.12. The van der Waals surface area contributed by atoms with E-state index in [2.05, 4.69) is 71.3 Å². The molecule has 0 saturated carbocycles. The van der Waals surface area contributed by atoms with Gasteiger partial charge in [0.05, 0.1) is 34.3 Å². The van der Waals surface area contributed by atoms with Crippen molar-refractivity contribution in [1.82, 2.24) is 4.57 Å². The second kappa shape index (κ2) is 8.34. The molecule has 1 heterocycles. The summed E-state index contributed by atoms with van der Waals surface area (Å²) in [5.74, 6) is 0. The average molecular weight is 446 g/mol. The lowest BCUT2D eigenvalue weighted by atomic mass is 9.97. The lowest BCUT2D eigenvalue weighted by molar-refractivity contribution is 1.18. The van der Waals surface area contributed by atoms with Crippen molar-refractivity contribution in [3.8, 4) is 40.1 Å². The normalized spacial score (nSPS) is 10.8. The van der Waals surface area contributed by atoms with E-state index in [0.717, 1.165) is 39.0 Å². The third-order valence-electron chi connectivity index (χ3n) is 6.41. The van der Waals surface area contributed by atoms with Crippen LogP contribution in [0, 0.1) is 22.7 Å². The lowest BCUT2D eigenvalue weighted by Crippen LogP contribution is -1.96. The van der Waals surface area contributed by atoms with Gasteiger partial charge in [-0.2, -0.15) is 10.5 Å². The van der Waals surface area contributed by atoms with Crippen LogP contribution in [-0.2, 0) is 0 Å². The predicted molar refractivity (Wildman–Crippen MR) is 141 cm³/mol. The molecule has 0 aliphatic heterocycles. The Balaban J connectivity index is 1.56. The van der Waals surface area contributed by atoms with E-state index in [4.69, 9.17) is 0 Å². The third kappa shape index (κ3) is 3.53. The summed E-state index contributed by atoms with van der Waals surface area (Å²) < 4.78 is 2.23. The van der Waals surface area contributed by atoms with Gasteiger partial charge in [-0.05, 0) is 70.8 Å². The second-order valence-electron chi connectivity index (χ2n) is 8.52. The molecule has 0 fully saturated rings. The highest BCUT2D eigenvalue weighted by Gasteiger charge is 2.13. The molecule has 162 valence electrons. The number of para-hydroxylation sites is 2. The van der Waals surface area contributed by atoms with Crippen LogP contribution in [0.25, 0.3) is 49.7 Å². The van der Waals surface area contributed by atoms with Gasteiger partial charge >= 0.3 is 0 Å². The first kappa shape index (κ1) is 20.5. The van der Waals surface area contributed by atoms with E-state index in [-0.39, 0.29) is 0 Å². The van der Waals surface area contributed by atoms with Gasteiger partial charge in [0.2, 0.25) is 0 Å². The van der Waals surface area contributed by atoms with E-state index in [9.17, 15) is 10.5 Å². The summed E-state index contributed by atoms with van der Waals surface area (Å²) in [6.07, 6.45) is 0. The van der Waals surface area contributed by atoms with Crippen LogP contribution in [0.2, 0.25) is 0 Å². The summed E-state index contributed by atoms with van der Waals surface area (Å²) in [5, 5.41) is 21.5. The Morgan fingerprint density at radius 3 is 1.66 bits per heavy atom. The van der Waals surface area contributed by atoms with Gasteiger partial charge in [-0.25, -0.2) is 0 Å². The summed E-state index contributed by atoms with van der Waals surface area (Å²) in [6, 6.07) is 43.2. The fourth-order valence-corrected chi connectivity index (χ4v) is 4.82. The molecular weight excluding hydrogens is 426 g/mol. The Morgan fingerprint density at radius 1 is 0.457 bits per heavy atom. The number of nitriles is 2. The number of rotatable bonds is 3. The smallest absolute Gasteiger partial charge is 0.0992 e. The van der Waals surface area contributed by atoms with Crippen LogP contribution in [0.15, 0.2) is 115 Å². The molecule has 1 aromatic heterocycles. The van der Waals surface area contributed by atoms with Crippen LogP contribution < -0.4 is 0 Å². The first-order valence-corrected chi connectivity index (χ1v) is 11.4. The van der Waals surface area contributed by atoms with Gasteiger partial charge in [0.15, 0.2) is 0 Å². The number of fused-ring (bicyclic) bond motifs is 3. The minimum absolute atomic E-state index is 0.608. The highest BCUT2D eigenvalue weighted by molar-refractivity contribution is 6.09. The van der Waals surface area contributed by atoms with E-state index in [1.807, 2.05) is 60.7 Å². The first-order valence-electron chi connectivity index (χ1n) is 11.4. The highest BCUT2D eigenvalue weighted by atomic mass is 15.0. The predicted octanol–water partition coefficient (Wildman–Crippen LogP) is 7.86. The number of aromatic nitrogens is 1. The second-order valence-corrected chi connectivity index (χ2v) is 8.52. The molecule has 3 nitrogen and oxygen atoms in total. The van der Waals surface area contributed by atoms with E-state index < -0.39 is 0 Å². The molecule has 0 radical (unpaired) electrons. The molecule has 0 atom stereocenters. The van der Waals surface area contributed by atoms with Crippen molar-refractivity contribution < 1.29 is 0 Å². The van der Waals surface area contributed by atoms with Crippen molar-refractivity contribution in [2.75, 3.05) is 0 Å². The molecule has 0 N–H and O–H groups in total. The Bertz CT molecular complexity index is 1770. The maximum Gasteiger partial charge on any atom is 0.0992 e. The van der Waals surface area contributed by atoms with Crippen LogP contribution in [0.1, 0.15) is 11.1 Å². The quantitative estimate of drug-likeness (QED) is 0.278. The molecule has 35 heavy (non-hydrogen) atoms. The largest absolute Gasteiger partial charge is 0.309 e. The zero-order valence-electron chi connectivity index (χ0n) is 18.8. The molecule has 5 aromatic carbocycles. The van der Waals surface area contributed by atoms with Crippen LogP contribution in [0.5, 0.6) is 0 Å². The molecule has 0 aliphatic carbocycles. The van der Waals surface area contributed by atoms with E-state index in [1.54, 1.807) is 0 Å². The van der Waals surface area contributed by atoms with Gasteiger partial charge in [-0.15, -0.1) is 0 Å². The van der Waals surface area contributed by atoms with Gasteiger partial charge in [0.25, 0.3) is 0 Å². The fourth-order valence-electron chi connectivity index (χ4n) is 4.82. The Hall–Kier alpha value is -5.12. The summed E-state index contributed by atoms with van der Waals surface area (Å²) in [6.45, 7) is 0. The molecule has 0 aliphatic rings. The topological polar surface area (TPSA) is 52.5 Å². The summed E-state index contributed by atoms with van der Waals surface area (Å²) in [4.78, 5) is 0. The van der Waals surface area contributed by atoms with Gasteiger partial charge in [0.1, 0.15) is 0 Å². The molecule has 6 rings (SSSR count). The molecule has 3 heteroatoms. The van der Waals surface area contributed by atoms with E-state index >= 15 is 0 Å². The Labute approximate surface area is 203 Å². The fraction of sp³-hybridized carbons (Fsp3) is 0. The zero-order valence-corrected chi connectivity index (χ0v) is 18.8. The maximum absolute atomic E-state index is 9.86. The average Bonchev–Trinajstić information content (AvgIpc) is 3.27. The van der Waals surface area contributed by atoms with Gasteiger partial charge in [0, 0.05) is 16.5 Å². The van der Waals surface area contributed by atoms with Gasteiger partial charge in [-0.3, -0.25) is 0 Å². The SMILES string of the molecule is N#Cc1cccc(-c2cccc(-c3cc(C#N)cc(-n4c5ccccc5c5ccccc54)c3)c2)c1. The van der Waals surface area contributed by atoms with E-state index in [1.165, 1.54) is 10.8 Å². The Morgan fingerprint density at radius 2 is 1.00 bits per heavy atom. The number of hydrogen-bond acceptors (Lipinski definition) is 2. The van der Waals surface area contributed by atoms with Crippen LogP contribution in [-0.4, -0.2) is 4.57 Å². The highest BCUT2D eigenvalue weighted by Crippen LogP contribution is 2.34. The minimum atomic E-state index is 0.608. The molecule has 0 spiro atoms. The summed E-state index contributed by atoms with van der Waals surface area (Å²) in [7, 11) is 0. The monoisotopic (exact) mass is 445 g/mol. The number of benzene rings is 5. The zero-order chi connectivity index (χ0) is 23.8. The molecule has 0 amide bonds. The standard InChI is InChI=1S/C32H19N3/c33-20-22-7-5-8-24(15-22)25-9-6-10-26(18-25)27-16-23(21-34)17-28(19-27)35-31-13-3-1-11-29(31)30-12-2-4-14-32(30)35/h1-19H. The van der Waals surface area contributed by atoms with Crippen molar-refractivity contribution in [2.24, 2.45) is 0 Å². The van der Waals surface area contributed by atoms with Crippen molar-refractivity contribution in [3.05, 3.63) is 126 Å². The molecule has 0 unspecified atom stereocenters. The minimum Gasteiger partial charge on any atom is -0.309 e. The summed E-state index contributed by atoms with van der Waals surface area (Å²) >= 11 is 0. The molecule has 6 aromatic rings. The van der Waals surface area contributed by atoms with Crippen molar-refractivity contribution in [3.63, 3.8) is 0 Å². The maximum atomic E-state index is 9.86. The third-order valence-corrected chi connectivity index (χ3v) is 6.41.